The standard InChI is InChI=1S/C22H26N2O4/c1-16-4-2-3-5-19(16)22(10-12-27-13-11-22)15-24-21(26)17-6-8-18(9-7-17)28-14-20(23)25/h2-9H,10-15H2,1H3,(H2,23,25)(H,24,26). The van der Waals surface area contributed by atoms with Crippen molar-refractivity contribution in [3.8, 4) is 5.75 Å². The first-order valence-electron chi connectivity index (χ1n) is 9.43. The molecule has 6 heteroatoms. The number of hydrogen-bond acceptors (Lipinski definition) is 4. The van der Waals surface area contributed by atoms with Gasteiger partial charge in [-0.25, -0.2) is 0 Å². The Morgan fingerprint density at radius 3 is 2.43 bits per heavy atom. The molecule has 0 unspecified atom stereocenters. The first-order chi connectivity index (χ1) is 13.5. The molecule has 2 amide bonds. The van der Waals surface area contributed by atoms with Gasteiger partial charge in [-0.1, -0.05) is 24.3 Å². The number of hydrogen-bond donors (Lipinski definition) is 2. The average molecular weight is 382 g/mol. The minimum Gasteiger partial charge on any atom is -0.484 e. The van der Waals surface area contributed by atoms with Gasteiger partial charge in [0.15, 0.2) is 6.61 Å². The van der Waals surface area contributed by atoms with E-state index < -0.39 is 5.91 Å². The van der Waals surface area contributed by atoms with Gasteiger partial charge in [-0.15, -0.1) is 0 Å². The molecule has 1 heterocycles. The summed E-state index contributed by atoms with van der Waals surface area (Å²) >= 11 is 0. The zero-order valence-electron chi connectivity index (χ0n) is 16.1. The molecule has 6 nitrogen and oxygen atoms in total. The van der Waals surface area contributed by atoms with Gasteiger partial charge in [-0.2, -0.15) is 0 Å². The molecular weight excluding hydrogens is 356 g/mol. The maximum atomic E-state index is 12.7. The summed E-state index contributed by atoms with van der Waals surface area (Å²) in [7, 11) is 0. The molecule has 1 aliphatic rings. The highest BCUT2D eigenvalue weighted by molar-refractivity contribution is 5.94. The zero-order valence-corrected chi connectivity index (χ0v) is 16.1. The molecule has 0 spiro atoms. The molecule has 1 fully saturated rings. The zero-order chi connectivity index (χ0) is 20.0. The molecule has 1 saturated heterocycles. The lowest BCUT2D eigenvalue weighted by atomic mass is 9.72. The Morgan fingerprint density at radius 1 is 1.11 bits per heavy atom. The van der Waals surface area contributed by atoms with Crippen molar-refractivity contribution in [2.75, 3.05) is 26.4 Å². The lowest BCUT2D eigenvalue weighted by Crippen LogP contribution is -2.45. The quantitative estimate of drug-likeness (QED) is 0.769. The third-order valence-corrected chi connectivity index (χ3v) is 5.25. The Balaban J connectivity index is 1.69. The number of amides is 2. The molecule has 0 aliphatic carbocycles. The number of nitrogens with two attached hydrogens (primary N) is 1. The molecule has 0 aromatic heterocycles. The van der Waals surface area contributed by atoms with Gasteiger partial charge in [0, 0.05) is 30.7 Å². The lowest BCUT2D eigenvalue weighted by molar-refractivity contribution is -0.119. The number of carbonyl (C=O) groups is 2. The number of rotatable bonds is 7. The Hall–Kier alpha value is -2.86. The molecule has 0 saturated carbocycles. The highest BCUT2D eigenvalue weighted by atomic mass is 16.5. The fourth-order valence-corrected chi connectivity index (χ4v) is 3.68. The highest BCUT2D eigenvalue weighted by Crippen LogP contribution is 2.36. The Bertz CT molecular complexity index is 827. The van der Waals surface area contributed by atoms with Crippen molar-refractivity contribution in [1.82, 2.24) is 5.32 Å². The second kappa shape index (κ2) is 8.89. The van der Waals surface area contributed by atoms with E-state index in [-0.39, 0.29) is 17.9 Å². The minimum atomic E-state index is -0.542. The summed E-state index contributed by atoms with van der Waals surface area (Å²) in [5.74, 6) is -0.183. The fourth-order valence-electron chi connectivity index (χ4n) is 3.68. The van der Waals surface area contributed by atoms with E-state index in [4.69, 9.17) is 15.2 Å². The minimum absolute atomic E-state index is 0.121. The largest absolute Gasteiger partial charge is 0.484 e. The van der Waals surface area contributed by atoms with E-state index in [1.807, 2.05) is 12.1 Å². The van der Waals surface area contributed by atoms with Gasteiger partial charge in [-0.05, 0) is 55.2 Å². The molecule has 0 bridgehead atoms. The summed E-state index contributed by atoms with van der Waals surface area (Å²) in [6.45, 7) is 3.86. The second-order valence-electron chi connectivity index (χ2n) is 7.17. The molecule has 0 atom stereocenters. The Labute approximate surface area is 165 Å². The Morgan fingerprint density at radius 2 is 1.79 bits per heavy atom. The molecule has 3 rings (SSSR count). The molecule has 1 aliphatic heterocycles. The molecule has 3 N–H and O–H groups in total. The molecular formula is C22H26N2O4. The maximum absolute atomic E-state index is 12.7. The van der Waals surface area contributed by atoms with Crippen molar-refractivity contribution in [3.05, 3.63) is 65.2 Å². The number of nitrogens with one attached hydrogen (secondary N) is 1. The maximum Gasteiger partial charge on any atom is 0.255 e. The van der Waals surface area contributed by atoms with Gasteiger partial charge in [0.2, 0.25) is 0 Å². The summed E-state index contributed by atoms with van der Waals surface area (Å²) in [5.41, 5.74) is 7.98. The van der Waals surface area contributed by atoms with E-state index in [9.17, 15) is 9.59 Å². The van der Waals surface area contributed by atoms with Gasteiger partial charge in [0.05, 0.1) is 0 Å². The molecule has 2 aromatic carbocycles. The predicted octanol–water partition coefficient (Wildman–Crippen LogP) is 2.34. The van der Waals surface area contributed by atoms with Crippen LogP contribution in [0, 0.1) is 6.92 Å². The summed E-state index contributed by atoms with van der Waals surface area (Å²) in [4.78, 5) is 23.4. The van der Waals surface area contributed by atoms with Crippen LogP contribution in [0.1, 0.15) is 34.3 Å². The van der Waals surface area contributed by atoms with Crippen LogP contribution < -0.4 is 15.8 Å². The van der Waals surface area contributed by atoms with Crippen molar-refractivity contribution in [3.63, 3.8) is 0 Å². The van der Waals surface area contributed by atoms with E-state index in [1.54, 1.807) is 24.3 Å². The highest BCUT2D eigenvalue weighted by Gasteiger charge is 2.35. The first kappa shape index (κ1) is 19.9. The summed E-state index contributed by atoms with van der Waals surface area (Å²) in [6.07, 6.45) is 1.75. The number of benzene rings is 2. The van der Waals surface area contributed by atoms with Crippen LogP contribution in [0.4, 0.5) is 0 Å². The third-order valence-electron chi connectivity index (χ3n) is 5.25. The lowest BCUT2D eigenvalue weighted by Gasteiger charge is -2.39. The molecule has 148 valence electrons. The summed E-state index contributed by atoms with van der Waals surface area (Å²) in [6, 6.07) is 15.0. The first-order valence-corrected chi connectivity index (χ1v) is 9.43. The summed E-state index contributed by atoms with van der Waals surface area (Å²) < 4.78 is 10.8. The van der Waals surface area contributed by atoms with Crippen LogP contribution in [0.5, 0.6) is 5.75 Å². The second-order valence-corrected chi connectivity index (χ2v) is 7.17. The van der Waals surface area contributed by atoms with Crippen molar-refractivity contribution >= 4 is 11.8 Å². The van der Waals surface area contributed by atoms with E-state index in [0.717, 1.165) is 12.8 Å². The number of aryl methyl sites for hydroxylation is 1. The molecule has 0 radical (unpaired) electrons. The van der Waals surface area contributed by atoms with Crippen molar-refractivity contribution < 1.29 is 19.1 Å². The van der Waals surface area contributed by atoms with E-state index in [1.165, 1.54) is 11.1 Å². The SMILES string of the molecule is Cc1ccccc1C1(CNC(=O)c2ccc(OCC(N)=O)cc2)CCOCC1. The van der Waals surface area contributed by atoms with Crippen LogP contribution in [0.3, 0.4) is 0 Å². The number of carbonyl (C=O) groups excluding carboxylic acids is 2. The van der Waals surface area contributed by atoms with Gasteiger partial charge >= 0.3 is 0 Å². The molecule has 2 aromatic rings. The van der Waals surface area contributed by atoms with Crippen LogP contribution in [0.25, 0.3) is 0 Å². The van der Waals surface area contributed by atoms with Gasteiger partial charge in [0.1, 0.15) is 5.75 Å². The van der Waals surface area contributed by atoms with Crippen LogP contribution in [-0.2, 0) is 14.9 Å². The topological polar surface area (TPSA) is 90.6 Å². The third kappa shape index (κ3) is 4.70. The number of primary amides is 1. The van der Waals surface area contributed by atoms with Gasteiger partial charge in [0.25, 0.3) is 11.8 Å². The van der Waals surface area contributed by atoms with Crippen LogP contribution >= 0.6 is 0 Å². The van der Waals surface area contributed by atoms with E-state index in [2.05, 4.69) is 24.4 Å². The van der Waals surface area contributed by atoms with Crippen molar-refractivity contribution in [2.24, 2.45) is 5.73 Å². The Kier molecular flexibility index (Phi) is 6.31. The van der Waals surface area contributed by atoms with E-state index >= 15 is 0 Å². The van der Waals surface area contributed by atoms with Crippen LogP contribution in [0.15, 0.2) is 48.5 Å². The fraction of sp³-hybridized carbons (Fsp3) is 0.364. The normalized spacial score (nSPS) is 15.6. The van der Waals surface area contributed by atoms with Gasteiger partial charge in [-0.3, -0.25) is 9.59 Å². The van der Waals surface area contributed by atoms with Crippen LogP contribution in [0.2, 0.25) is 0 Å². The van der Waals surface area contributed by atoms with E-state index in [0.29, 0.717) is 31.1 Å². The van der Waals surface area contributed by atoms with Crippen LogP contribution in [-0.4, -0.2) is 38.2 Å². The average Bonchev–Trinajstić information content (AvgIpc) is 2.72. The summed E-state index contributed by atoms with van der Waals surface area (Å²) in [5, 5.41) is 3.10. The van der Waals surface area contributed by atoms with Crippen molar-refractivity contribution in [2.45, 2.75) is 25.2 Å². The smallest absolute Gasteiger partial charge is 0.255 e. The van der Waals surface area contributed by atoms with Gasteiger partial charge < -0.3 is 20.5 Å². The number of ether oxygens (including phenoxy) is 2. The predicted molar refractivity (Wildman–Crippen MR) is 106 cm³/mol. The monoisotopic (exact) mass is 382 g/mol. The van der Waals surface area contributed by atoms with Crippen molar-refractivity contribution in [1.29, 1.82) is 0 Å². The molecule has 28 heavy (non-hydrogen) atoms.